The van der Waals surface area contributed by atoms with E-state index in [4.69, 9.17) is 25.9 Å². The first kappa shape index (κ1) is 19.0. The Morgan fingerprint density at radius 2 is 1.72 bits per heavy atom. The van der Waals surface area contributed by atoms with Crippen LogP contribution in [0, 0.1) is 0 Å². The minimum atomic E-state index is -0.814. The van der Waals surface area contributed by atoms with E-state index >= 15 is 0 Å². The molecule has 0 bridgehead atoms. The number of benzene rings is 3. The molecule has 146 valence electrons. The van der Waals surface area contributed by atoms with Gasteiger partial charge >= 0.3 is 5.97 Å². The summed E-state index contributed by atoms with van der Waals surface area (Å²) in [5.41, 5.74) is 2.57. The molecule has 0 unspecified atom stereocenters. The van der Waals surface area contributed by atoms with Crippen molar-refractivity contribution in [3.63, 3.8) is 0 Å². The van der Waals surface area contributed by atoms with Gasteiger partial charge in [-0.1, -0.05) is 35.9 Å². The molecule has 0 aliphatic rings. The third-order valence-electron chi connectivity index (χ3n) is 4.51. The van der Waals surface area contributed by atoms with Gasteiger partial charge in [-0.05, 0) is 53.6 Å². The summed E-state index contributed by atoms with van der Waals surface area (Å²) in [5.74, 6) is 0.452. The molecule has 0 atom stereocenters. The number of nitrogens with zero attached hydrogens (tertiary/aromatic N) is 1. The molecule has 5 nitrogen and oxygen atoms in total. The number of hydrogen-bond donors (Lipinski definition) is 1. The van der Waals surface area contributed by atoms with Crippen molar-refractivity contribution >= 4 is 28.3 Å². The molecule has 0 saturated heterocycles. The average molecular weight is 408 g/mol. The van der Waals surface area contributed by atoms with Crippen LogP contribution in [0.1, 0.15) is 12.8 Å². The lowest BCUT2D eigenvalue weighted by atomic mass is 10.1. The second-order valence-electron chi connectivity index (χ2n) is 6.61. The zero-order chi connectivity index (χ0) is 20.2. The van der Waals surface area contributed by atoms with Crippen LogP contribution in [-0.2, 0) is 4.79 Å². The Morgan fingerprint density at radius 1 is 1.00 bits per heavy atom. The highest BCUT2D eigenvalue weighted by Gasteiger charge is 2.10. The van der Waals surface area contributed by atoms with E-state index in [0.717, 1.165) is 33.3 Å². The van der Waals surface area contributed by atoms with Crippen LogP contribution in [0.25, 0.3) is 33.5 Å². The van der Waals surface area contributed by atoms with Gasteiger partial charge in [-0.15, -0.1) is 0 Å². The van der Waals surface area contributed by atoms with Gasteiger partial charge in [0.1, 0.15) is 17.7 Å². The van der Waals surface area contributed by atoms with Gasteiger partial charge in [0.05, 0.1) is 6.61 Å². The SMILES string of the molecule is O=C(O)CCCOc1ccc2cc(-c3nc(-c4ccc(Cl)cc4)co3)ccc2c1. The molecule has 4 aromatic rings. The molecule has 1 aromatic heterocycles. The molecule has 0 fully saturated rings. The number of carbonyl (C=O) groups is 1. The van der Waals surface area contributed by atoms with Crippen molar-refractivity contribution in [3.8, 4) is 28.5 Å². The zero-order valence-electron chi connectivity index (χ0n) is 15.5. The van der Waals surface area contributed by atoms with Crippen LogP contribution < -0.4 is 4.74 Å². The van der Waals surface area contributed by atoms with E-state index in [1.54, 1.807) is 6.26 Å². The molecule has 4 rings (SSSR count). The largest absolute Gasteiger partial charge is 0.494 e. The van der Waals surface area contributed by atoms with Gasteiger partial charge in [-0.3, -0.25) is 4.79 Å². The van der Waals surface area contributed by atoms with Crippen LogP contribution in [0.2, 0.25) is 5.02 Å². The summed E-state index contributed by atoms with van der Waals surface area (Å²) in [4.78, 5) is 15.1. The second-order valence-corrected chi connectivity index (χ2v) is 7.05. The maximum Gasteiger partial charge on any atom is 0.303 e. The summed E-state index contributed by atoms with van der Waals surface area (Å²) < 4.78 is 11.3. The molecule has 3 aromatic carbocycles. The topological polar surface area (TPSA) is 72.6 Å². The molecule has 0 aliphatic carbocycles. The first-order valence-corrected chi connectivity index (χ1v) is 9.56. The Hall–Kier alpha value is -3.31. The fraction of sp³-hybridized carbons (Fsp3) is 0.130. The van der Waals surface area contributed by atoms with Crippen molar-refractivity contribution in [1.29, 1.82) is 0 Å². The first-order chi connectivity index (χ1) is 14.1. The van der Waals surface area contributed by atoms with Gasteiger partial charge in [0, 0.05) is 22.6 Å². The Labute approximate surface area is 172 Å². The van der Waals surface area contributed by atoms with Crippen LogP contribution in [0.15, 0.2) is 71.3 Å². The smallest absolute Gasteiger partial charge is 0.303 e. The van der Waals surface area contributed by atoms with E-state index < -0.39 is 5.97 Å². The van der Waals surface area contributed by atoms with E-state index in [0.29, 0.717) is 23.9 Å². The second kappa shape index (κ2) is 8.37. The van der Waals surface area contributed by atoms with Gasteiger partial charge in [0.2, 0.25) is 5.89 Å². The molecular formula is C23H18ClNO4. The Bertz CT molecular complexity index is 1150. The monoisotopic (exact) mass is 407 g/mol. The van der Waals surface area contributed by atoms with Gasteiger partial charge in [0.15, 0.2) is 0 Å². The van der Waals surface area contributed by atoms with Crippen LogP contribution in [-0.4, -0.2) is 22.7 Å². The van der Waals surface area contributed by atoms with Crippen molar-refractivity contribution < 1.29 is 19.1 Å². The summed E-state index contributed by atoms with van der Waals surface area (Å²) in [5, 5.41) is 11.4. The highest BCUT2D eigenvalue weighted by atomic mass is 35.5. The standard InChI is InChI=1S/C23H18ClNO4/c24-19-8-5-15(6-9-19)21-14-29-23(25-21)18-4-3-17-13-20(10-7-16(17)12-18)28-11-1-2-22(26)27/h3-10,12-14H,1-2,11H2,(H,26,27). The summed E-state index contributed by atoms with van der Waals surface area (Å²) in [6, 6.07) is 19.2. The molecule has 29 heavy (non-hydrogen) atoms. The average Bonchev–Trinajstić information content (AvgIpc) is 3.21. The van der Waals surface area contributed by atoms with Crippen molar-refractivity contribution in [2.24, 2.45) is 0 Å². The number of halogens is 1. The van der Waals surface area contributed by atoms with Crippen molar-refractivity contribution in [1.82, 2.24) is 4.98 Å². The molecule has 0 aliphatic heterocycles. The van der Waals surface area contributed by atoms with Crippen LogP contribution in [0.4, 0.5) is 0 Å². The zero-order valence-corrected chi connectivity index (χ0v) is 16.2. The predicted octanol–water partition coefficient (Wildman–Crippen LogP) is 6.06. The summed E-state index contributed by atoms with van der Waals surface area (Å²) in [7, 11) is 0. The van der Waals surface area contributed by atoms with E-state index in [-0.39, 0.29) is 6.42 Å². The van der Waals surface area contributed by atoms with Crippen LogP contribution >= 0.6 is 11.6 Å². The third kappa shape index (κ3) is 4.58. The lowest BCUT2D eigenvalue weighted by Crippen LogP contribution is -2.01. The van der Waals surface area contributed by atoms with Gasteiger partial charge in [-0.2, -0.15) is 0 Å². The van der Waals surface area contributed by atoms with E-state index in [1.165, 1.54) is 0 Å². The summed E-state index contributed by atoms with van der Waals surface area (Å²) >= 11 is 5.94. The van der Waals surface area contributed by atoms with Gasteiger partial charge in [-0.25, -0.2) is 4.98 Å². The van der Waals surface area contributed by atoms with Gasteiger partial charge in [0.25, 0.3) is 0 Å². The van der Waals surface area contributed by atoms with E-state index in [2.05, 4.69) is 4.98 Å². The lowest BCUT2D eigenvalue weighted by molar-refractivity contribution is -0.137. The fourth-order valence-electron chi connectivity index (χ4n) is 3.02. The molecule has 0 saturated carbocycles. The van der Waals surface area contributed by atoms with Crippen molar-refractivity contribution in [2.75, 3.05) is 6.61 Å². The Kier molecular flexibility index (Phi) is 5.49. The molecule has 1 N–H and O–H groups in total. The van der Waals surface area contributed by atoms with E-state index in [9.17, 15) is 4.79 Å². The molecule has 0 radical (unpaired) electrons. The molecular weight excluding hydrogens is 390 g/mol. The van der Waals surface area contributed by atoms with Crippen molar-refractivity contribution in [3.05, 3.63) is 71.9 Å². The van der Waals surface area contributed by atoms with Crippen LogP contribution in [0.5, 0.6) is 5.75 Å². The Morgan fingerprint density at radius 3 is 2.52 bits per heavy atom. The highest BCUT2D eigenvalue weighted by molar-refractivity contribution is 6.30. The molecule has 6 heteroatoms. The van der Waals surface area contributed by atoms with E-state index in [1.807, 2.05) is 60.7 Å². The van der Waals surface area contributed by atoms with Crippen molar-refractivity contribution in [2.45, 2.75) is 12.8 Å². The number of oxazole rings is 1. The number of carboxylic acid groups (broad SMARTS) is 1. The predicted molar refractivity (Wildman–Crippen MR) is 112 cm³/mol. The quantitative estimate of drug-likeness (QED) is 0.377. The molecule has 0 amide bonds. The minimum Gasteiger partial charge on any atom is -0.494 e. The number of carboxylic acids is 1. The number of fused-ring (bicyclic) bond motifs is 1. The number of ether oxygens (including phenoxy) is 1. The maximum absolute atomic E-state index is 10.6. The minimum absolute atomic E-state index is 0.102. The summed E-state index contributed by atoms with van der Waals surface area (Å²) in [6.45, 7) is 0.375. The molecule has 1 heterocycles. The summed E-state index contributed by atoms with van der Waals surface area (Å²) in [6.07, 6.45) is 2.22. The number of rotatable bonds is 7. The maximum atomic E-state index is 10.6. The fourth-order valence-corrected chi connectivity index (χ4v) is 3.15. The first-order valence-electron chi connectivity index (χ1n) is 9.19. The highest BCUT2D eigenvalue weighted by Crippen LogP contribution is 2.29. The van der Waals surface area contributed by atoms with Crippen LogP contribution in [0.3, 0.4) is 0 Å². The lowest BCUT2D eigenvalue weighted by Gasteiger charge is -2.07. The number of hydrogen-bond acceptors (Lipinski definition) is 4. The Balaban J connectivity index is 1.51. The number of aliphatic carboxylic acids is 1. The van der Waals surface area contributed by atoms with Gasteiger partial charge < -0.3 is 14.3 Å². The third-order valence-corrected chi connectivity index (χ3v) is 4.76. The normalized spacial score (nSPS) is 10.9. The number of aromatic nitrogens is 1. The molecule has 0 spiro atoms.